The predicted molar refractivity (Wildman–Crippen MR) is 118 cm³/mol. The minimum atomic E-state index is -3.40. The minimum Gasteiger partial charge on any atom is -0.320 e. The molecule has 2 amide bonds. The van der Waals surface area contributed by atoms with Crippen LogP contribution in [0.2, 0.25) is 0 Å². The molecule has 154 valence electrons. The minimum absolute atomic E-state index is 0.171. The molecule has 0 radical (unpaired) electrons. The van der Waals surface area contributed by atoms with Crippen molar-refractivity contribution in [3.05, 3.63) is 90.0 Å². The van der Waals surface area contributed by atoms with Gasteiger partial charge in [0.05, 0.1) is 21.5 Å². The van der Waals surface area contributed by atoms with Crippen LogP contribution < -0.4 is 10.6 Å². The lowest BCUT2D eigenvalue weighted by Gasteiger charge is -2.13. The highest BCUT2D eigenvalue weighted by Gasteiger charge is 2.19. The van der Waals surface area contributed by atoms with Crippen molar-refractivity contribution in [1.82, 2.24) is 0 Å². The summed E-state index contributed by atoms with van der Waals surface area (Å²) in [5.41, 5.74) is 1.70. The fourth-order valence-corrected chi connectivity index (χ4v) is 3.81. The number of hydrogen-bond donors (Lipinski definition) is 2. The third-order valence-electron chi connectivity index (χ3n) is 4.53. The fraction of sp³-hybridized carbons (Fsp3) is 0.130. The smallest absolute Gasteiger partial charge is 0.255 e. The maximum atomic E-state index is 12.6. The van der Waals surface area contributed by atoms with Crippen LogP contribution in [0, 0.1) is 0 Å². The summed E-state index contributed by atoms with van der Waals surface area (Å²) >= 11 is 0. The maximum Gasteiger partial charge on any atom is 0.255 e. The van der Waals surface area contributed by atoms with Gasteiger partial charge in [-0.05, 0) is 62.4 Å². The van der Waals surface area contributed by atoms with E-state index in [0.717, 1.165) is 0 Å². The molecule has 0 saturated carbocycles. The monoisotopic (exact) mass is 422 g/mol. The van der Waals surface area contributed by atoms with E-state index in [-0.39, 0.29) is 10.8 Å². The number of anilines is 2. The summed E-state index contributed by atoms with van der Waals surface area (Å²) in [7, 11) is -3.40. The SMILES string of the molecule is CC(C)S(=O)(=O)c1ccc(C(=O)Nc2ccccc2NC(=O)c2ccccc2)cc1. The van der Waals surface area contributed by atoms with Gasteiger partial charge in [0.15, 0.2) is 9.84 Å². The van der Waals surface area contributed by atoms with Crippen LogP contribution in [0.5, 0.6) is 0 Å². The predicted octanol–water partition coefficient (Wildman–Crippen LogP) is 4.37. The van der Waals surface area contributed by atoms with Gasteiger partial charge in [-0.3, -0.25) is 9.59 Å². The number of hydrogen-bond acceptors (Lipinski definition) is 4. The van der Waals surface area contributed by atoms with Gasteiger partial charge < -0.3 is 10.6 Å². The van der Waals surface area contributed by atoms with Crippen molar-refractivity contribution in [3.63, 3.8) is 0 Å². The van der Waals surface area contributed by atoms with E-state index in [1.54, 1.807) is 62.4 Å². The standard InChI is InChI=1S/C23H22N2O4S/c1-16(2)30(28,29)19-14-12-18(13-15-19)23(27)25-21-11-7-6-10-20(21)24-22(26)17-8-4-3-5-9-17/h3-16H,1-2H3,(H,24,26)(H,25,27). The largest absolute Gasteiger partial charge is 0.320 e. The first kappa shape index (κ1) is 21.3. The Kier molecular flexibility index (Phi) is 6.32. The highest BCUT2D eigenvalue weighted by Crippen LogP contribution is 2.23. The Morgan fingerprint density at radius 3 is 1.57 bits per heavy atom. The number of nitrogens with one attached hydrogen (secondary N) is 2. The Hall–Kier alpha value is -3.45. The van der Waals surface area contributed by atoms with Crippen molar-refractivity contribution in [2.45, 2.75) is 24.0 Å². The van der Waals surface area contributed by atoms with Crippen molar-refractivity contribution < 1.29 is 18.0 Å². The Balaban J connectivity index is 1.77. The zero-order chi connectivity index (χ0) is 21.7. The molecule has 0 aliphatic heterocycles. The first-order valence-electron chi connectivity index (χ1n) is 9.40. The molecule has 2 N–H and O–H groups in total. The number of rotatable bonds is 6. The van der Waals surface area contributed by atoms with Crippen molar-refractivity contribution in [2.24, 2.45) is 0 Å². The quantitative estimate of drug-likeness (QED) is 0.617. The first-order chi connectivity index (χ1) is 14.3. The molecule has 0 aromatic heterocycles. The van der Waals surface area contributed by atoms with Gasteiger partial charge in [0.2, 0.25) is 0 Å². The molecule has 30 heavy (non-hydrogen) atoms. The Bertz CT molecular complexity index is 1160. The second-order valence-electron chi connectivity index (χ2n) is 6.94. The number of sulfone groups is 1. The molecular weight excluding hydrogens is 400 g/mol. The van der Waals surface area contributed by atoms with Crippen LogP contribution in [-0.4, -0.2) is 25.5 Å². The van der Waals surface area contributed by atoms with E-state index in [2.05, 4.69) is 10.6 Å². The van der Waals surface area contributed by atoms with Crippen LogP contribution >= 0.6 is 0 Å². The molecule has 0 aliphatic carbocycles. The molecule has 0 bridgehead atoms. The zero-order valence-corrected chi connectivity index (χ0v) is 17.4. The van der Waals surface area contributed by atoms with E-state index in [1.165, 1.54) is 24.3 Å². The van der Waals surface area contributed by atoms with Crippen LogP contribution in [0.4, 0.5) is 11.4 Å². The average Bonchev–Trinajstić information content (AvgIpc) is 2.75. The zero-order valence-electron chi connectivity index (χ0n) is 16.6. The molecule has 0 spiro atoms. The number of amides is 2. The third-order valence-corrected chi connectivity index (χ3v) is 6.70. The molecule has 3 aromatic rings. The third kappa shape index (κ3) is 4.75. The highest BCUT2D eigenvalue weighted by molar-refractivity contribution is 7.92. The summed E-state index contributed by atoms with van der Waals surface area (Å²) in [6.07, 6.45) is 0. The lowest BCUT2D eigenvalue weighted by atomic mass is 10.2. The summed E-state index contributed by atoms with van der Waals surface area (Å²) < 4.78 is 24.5. The van der Waals surface area contributed by atoms with Crippen LogP contribution in [0.3, 0.4) is 0 Å². The van der Waals surface area contributed by atoms with Gasteiger partial charge in [-0.1, -0.05) is 30.3 Å². The summed E-state index contributed by atoms with van der Waals surface area (Å²) in [4.78, 5) is 25.2. The van der Waals surface area contributed by atoms with E-state index in [0.29, 0.717) is 22.5 Å². The van der Waals surface area contributed by atoms with E-state index >= 15 is 0 Å². The van der Waals surface area contributed by atoms with E-state index < -0.39 is 21.0 Å². The molecule has 0 aliphatic rings. The van der Waals surface area contributed by atoms with Crippen molar-refractivity contribution in [1.29, 1.82) is 0 Å². The first-order valence-corrected chi connectivity index (χ1v) is 10.9. The highest BCUT2D eigenvalue weighted by atomic mass is 32.2. The summed E-state index contributed by atoms with van der Waals surface area (Å²) in [6.45, 7) is 3.22. The Morgan fingerprint density at radius 2 is 1.10 bits per heavy atom. The summed E-state index contributed by atoms with van der Waals surface area (Å²) in [5.74, 6) is -0.703. The molecule has 6 nitrogen and oxygen atoms in total. The lowest BCUT2D eigenvalue weighted by molar-refractivity contribution is 0.101. The van der Waals surface area contributed by atoms with Crippen molar-refractivity contribution in [2.75, 3.05) is 10.6 Å². The summed E-state index contributed by atoms with van der Waals surface area (Å²) in [5, 5.41) is 5.01. The topological polar surface area (TPSA) is 92.3 Å². The average molecular weight is 423 g/mol. The van der Waals surface area contributed by atoms with Crippen molar-refractivity contribution in [3.8, 4) is 0 Å². The van der Waals surface area contributed by atoms with E-state index in [9.17, 15) is 18.0 Å². The normalized spacial score (nSPS) is 11.2. The summed E-state index contributed by atoms with van der Waals surface area (Å²) in [6, 6.07) is 21.4. The number of carbonyl (C=O) groups is 2. The van der Waals surface area contributed by atoms with E-state index in [1.807, 2.05) is 6.07 Å². The van der Waals surface area contributed by atoms with Gasteiger partial charge in [-0.2, -0.15) is 0 Å². The molecule has 0 atom stereocenters. The van der Waals surface area contributed by atoms with Crippen LogP contribution in [0.15, 0.2) is 83.8 Å². The molecule has 0 fully saturated rings. The second-order valence-corrected chi connectivity index (χ2v) is 9.44. The number of benzene rings is 3. The van der Waals surface area contributed by atoms with Crippen LogP contribution in [0.25, 0.3) is 0 Å². The number of carbonyl (C=O) groups excluding carboxylic acids is 2. The van der Waals surface area contributed by atoms with Gasteiger partial charge in [-0.25, -0.2) is 8.42 Å². The van der Waals surface area contributed by atoms with Gasteiger partial charge in [0, 0.05) is 11.1 Å². The lowest BCUT2D eigenvalue weighted by Crippen LogP contribution is -2.17. The van der Waals surface area contributed by atoms with Gasteiger partial charge >= 0.3 is 0 Å². The molecule has 3 aromatic carbocycles. The van der Waals surface area contributed by atoms with Crippen molar-refractivity contribution >= 4 is 33.0 Å². The molecule has 0 saturated heterocycles. The molecule has 0 unspecified atom stereocenters. The Morgan fingerprint density at radius 1 is 0.667 bits per heavy atom. The Labute approximate surface area is 175 Å². The molecule has 7 heteroatoms. The molecular formula is C23H22N2O4S. The van der Waals surface area contributed by atoms with Gasteiger partial charge in [-0.15, -0.1) is 0 Å². The van der Waals surface area contributed by atoms with Gasteiger partial charge in [0.25, 0.3) is 11.8 Å². The van der Waals surface area contributed by atoms with Crippen LogP contribution in [-0.2, 0) is 9.84 Å². The van der Waals surface area contributed by atoms with E-state index in [4.69, 9.17) is 0 Å². The fourth-order valence-electron chi connectivity index (χ4n) is 2.75. The second kappa shape index (κ2) is 8.92. The molecule has 0 heterocycles. The molecule has 3 rings (SSSR count). The maximum absolute atomic E-state index is 12.6. The van der Waals surface area contributed by atoms with Gasteiger partial charge in [0.1, 0.15) is 0 Å². The van der Waals surface area contributed by atoms with Crippen LogP contribution in [0.1, 0.15) is 34.6 Å². The number of para-hydroxylation sites is 2.